The predicted octanol–water partition coefficient (Wildman–Crippen LogP) is 3.87. The van der Waals surface area contributed by atoms with Crippen molar-refractivity contribution in [2.45, 2.75) is 19.6 Å². The summed E-state index contributed by atoms with van der Waals surface area (Å²) in [6.07, 6.45) is 2.45. The van der Waals surface area contributed by atoms with Gasteiger partial charge in [0.2, 0.25) is 0 Å². The molecule has 9 heteroatoms. The van der Waals surface area contributed by atoms with E-state index in [9.17, 15) is 22.8 Å². The van der Waals surface area contributed by atoms with Crippen molar-refractivity contribution in [2.24, 2.45) is 0 Å². The van der Waals surface area contributed by atoms with Gasteiger partial charge in [-0.2, -0.15) is 8.78 Å². The third-order valence-corrected chi connectivity index (χ3v) is 3.91. The van der Waals surface area contributed by atoms with Crippen molar-refractivity contribution in [1.29, 1.82) is 0 Å². The minimum Gasteiger partial charge on any atom is -0.493 e. The predicted molar refractivity (Wildman–Crippen MR) is 103 cm³/mol. The van der Waals surface area contributed by atoms with Gasteiger partial charge in [0, 0.05) is 6.08 Å². The second-order valence-corrected chi connectivity index (χ2v) is 6.07. The third-order valence-electron chi connectivity index (χ3n) is 3.91. The second-order valence-electron chi connectivity index (χ2n) is 6.07. The zero-order valence-electron chi connectivity index (χ0n) is 16.2. The molecule has 0 aliphatic carbocycles. The van der Waals surface area contributed by atoms with E-state index in [-0.39, 0.29) is 17.3 Å². The van der Waals surface area contributed by atoms with E-state index in [1.54, 1.807) is 19.1 Å². The Morgan fingerprint density at radius 2 is 1.80 bits per heavy atom. The lowest BCUT2D eigenvalue weighted by atomic mass is 10.1. The summed E-state index contributed by atoms with van der Waals surface area (Å²) in [6.45, 7) is -1.78. The molecule has 0 aliphatic rings. The van der Waals surface area contributed by atoms with Crippen molar-refractivity contribution in [2.75, 3.05) is 13.7 Å². The SMILES string of the molecule is COc1cc(/C=C/C(=O)OCC(=O)NC(C)c2ccc(F)cc2)ccc1OC(F)F. The van der Waals surface area contributed by atoms with Gasteiger partial charge in [0.1, 0.15) is 5.82 Å². The number of carbonyl (C=O) groups is 2. The van der Waals surface area contributed by atoms with Crippen LogP contribution in [0.3, 0.4) is 0 Å². The molecule has 0 radical (unpaired) electrons. The normalized spacial score (nSPS) is 11.9. The molecule has 1 N–H and O–H groups in total. The zero-order chi connectivity index (χ0) is 22.1. The first-order valence-corrected chi connectivity index (χ1v) is 8.81. The molecule has 2 rings (SSSR count). The van der Waals surface area contributed by atoms with Crippen LogP contribution in [0.1, 0.15) is 24.1 Å². The van der Waals surface area contributed by atoms with Crippen LogP contribution in [0.15, 0.2) is 48.5 Å². The molecule has 1 atom stereocenters. The van der Waals surface area contributed by atoms with Crippen LogP contribution >= 0.6 is 0 Å². The molecule has 1 unspecified atom stereocenters. The molecule has 2 aromatic carbocycles. The molecule has 0 aliphatic heterocycles. The number of carbonyl (C=O) groups excluding carboxylic acids is 2. The Bertz CT molecular complexity index is 900. The summed E-state index contributed by atoms with van der Waals surface area (Å²) in [6, 6.07) is 9.38. The summed E-state index contributed by atoms with van der Waals surface area (Å²) in [5.41, 5.74) is 1.17. The molecule has 2 aromatic rings. The van der Waals surface area contributed by atoms with Gasteiger partial charge in [-0.05, 0) is 48.4 Å². The maximum Gasteiger partial charge on any atom is 0.387 e. The fraction of sp³-hybridized carbons (Fsp3) is 0.238. The Kier molecular flexibility index (Phi) is 8.28. The van der Waals surface area contributed by atoms with E-state index in [1.807, 2.05) is 0 Å². The molecule has 1 amide bonds. The standard InChI is InChI=1S/C21H20F3NO5/c1-13(15-5-7-16(22)8-6-15)25-19(26)12-29-20(27)10-4-14-3-9-17(30-21(23)24)18(11-14)28-2/h3-11,13,21H,12H2,1-2H3,(H,25,26)/b10-4+. The molecular formula is C21H20F3NO5. The number of ether oxygens (including phenoxy) is 3. The van der Waals surface area contributed by atoms with Crippen LogP contribution in [-0.2, 0) is 14.3 Å². The lowest BCUT2D eigenvalue weighted by Gasteiger charge is -2.14. The first kappa shape index (κ1) is 22.8. The van der Waals surface area contributed by atoms with E-state index < -0.39 is 31.1 Å². The van der Waals surface area contributed by atoms with Gasteiger partial charge >= 0.3 is 12.6 Å². The van der Waals surface area contributed by atoms with E-state index in [0.717, 1.165) is 6.08 Å². The topological polar surface area (TPSA) is 73.9 Å². The highest BCUT2D eigenvalue weighted by molar-refractivity contribution is 5.89. The van der Waals surface area contributed by atoms with E-state index in [2.05, 4.69) is 10.1 Å². The molecule has 30 heavy (non-hydrogen) atoms. The van der Waals surface area contributed by atoms with Crippen molar-refractivity contribution in [3.05, 3.63) is 65.5 Å². The second kappa shape index (κ2) is 10.9. The number of esters is 1. The van der Waals surface area contributed by atoms with Crippen LogP contribution < -0.4 is 14.8 Å². The fourth-order valence-electron chi connectivity index (χ4n) is 2.45. The van der Waals surface area contributed by atoms with Crippen molar-refractivity contribution in [3.8, 4) is 11.5 Å². The van der Waals surface area contributed by atoms with E-state index in [1.165, 1.54) is 43.5 Å². The van der Waals surface area contributed by atoms with Gasteiger partial charge in [0.05, 0.1) is 13.2 Å². The fourth-order valence-corrected chi connectivity index (χ4v) is 2.45. The molecule has 0 saturated carbocycles. The number of hydrogen-bond acceptors (Lipinski definition) is 5. The van der Waals surface area contributed by atoms with Gasteiger partial charge in [0.15, 0.2) is 18.1 Å². The number of halogens is 3. The number of nitrogens with one attached hydrogen (secondary N) is 1. The van der Waals surface area contributed by atoms with E-state index >= 15 is 0 Å². The van der Waals surface area contributed by atoms with Crippen LogP contribution in [0.2, 0.25) is 0 Å². The van der Waals surface area contributed by atoms with Crippen LogP contribution in [0.4, 0.5) is 13.2 Å². The smallest absolute Gasteiger partial charge is 0.387 e. The maximum absolute atomic E-state index is 12.9. The molecule has 0 spiro atoms. The van der Waals surface area contributed by atoms with E-state index in [4.69, 9.17) is 9.47 Å². The van der Waals surface area contributed by atoms with Gasteiger partial charge in [-0.3, -0.25) is 4.79 Å². The minimum atomic E-state index is -2.99. The van der Waals surface area contributed by atoms with Crippen LogP contribution in [0, 0.1) is 5.82 Å². The summed E-state index contributed by atoms with van der Waals surface area (Å²) in [5.74, 6) is -1.75. The van der Waals surface area contributed by atoms with Crippen molar-refractivity contribution in [1.82, 2.24) is 5.32 Å². The highest BCUT2D eigenvalue weighted by atomic mass is 19.3. The first-order chi connectivity index (χ1) is 14.3. The van der Waals surface area contributed by atoms with Gasteiger partial charge < -0.3 is 19.5 Å². The molecule has 0 bridgehead atoms. The summed E-state index contributed by atoms with van der Waals surface area (Å²) >= 11 is 0. The monoisotopic (exact) mass is 423 g/mol. The highest BCUT2D eigenvalue weighted by Gasteiger charge is 2.12. The third kappa shape index (κ3) is 7.16. The maximum atomic E-state index is 12.9. The van der Waals surface area contributed by atoms with Gasteiger partial charge in [-0.15, -0.1) is 0 Å². The van der Waals surface area contributed by atoms with Crippen LogP contribution in [0.25, 0.3) is 6.08 Å². The molecule has 0 heterocycles. The summed E-state index contributed by atoms with van der Waals surface area (Å²) < 4.78 is 51.7. The highest BCUT2D eigenvalue weighted by Crippen LogP contribution is 2.29. The Morgan fingerprint density at radius 1 is 1.10 bits per heavy atom. The van der Waals surface area contributed by atoms with Crippen LogP contribution in [0.5, 0.6) is 11.5 Å². The largest absolute Gasteiger partial charge is 0.493 e. The Labute approximate surface area is 171 Å². The summed E-state index contributed by atoms with van der Waals surface area (Å²) in [7, 11) is 1.29. The van der Waals surface area contributed by atoms with Gasteiger partial charge in [-0.25, -0.2) is 9.18 Å². The Morgan fingerprint density at radius 3 is 2.43 bits per heavy atom. The average Bonchev–Trinajstić information content (AvgIpc) is 2.71. The number of benzene rings is 2. The van der Waals surface area contributed by atoms with Gasteiger partial charge in [0.25, 0.3) is 5.91 Å². The zero-order valence-corrected chi connectivity index (χ0v) is 16.2. The average molecular weight is 423 g/mol. The van der Waals surface area contributed by atoms with Crippen molar-refractivity contribution in [3.63, 3.8) is 0 Å². The summed E-state index contributed by atoms with van der Waals surface area (Å²) in [5, 5.41) is 2.63. The molecular weight excluding hydrogens is 403 g/mol. The first-order valence-electron chi connectivity index (χ1n) is 8.81. The number of methoxy groups -OCH3 is 1. The van der Waals surface area contributed by atoms with Gasteiger partial charge in [-0.1, -0.05) is 18.2 Å². The van der Waals surface area contributed by atoms with E-state index in [0.29, 0.717) is 11.1 Å². The number of rotatable bonds is 9. The quantitative estimate of drug-likeness (QED) is 0.490. The lowest BCUT2D eigenvalue weighted by Crippen LogP contribution is -2.30. The summed E-state index contributed by atoms with van der Waals surface area (Å²) in [4.78, 5) is 23.7. The molecule has 0 aromatic heterocycles. The molecule has 6 nitrogen and oxygen atoms in total. The number of amides is 1. The minimum absolute atomic E-state index is 0.0694. The Hall–Kier alpha value is -3.49. The lowest BCUT2D eigenvalue weighted by molar-refractivity contribution is -0.144. The van der Waals surface area contributed by atoms with Crippen molar-refractivity contribution >= 4 is 18.0 Å². The number of alkyl halides is 2. The molecule has 160 valence electrons. The van der Waals surface area contributed by atoms with Crippen molar-refractivity contribution < 1.29 is 37.0 Å². The molecule has 0 saturated heterocycles. The van der Waals surface area contributed by atoms with Crippen LogP contribution in [-0.4, -0.2) is 32.2 Å². The number of hydrogen-bond donors (Lipinski definition) is 1. The Balaban J connectivity index is 1.85. The molecule has 0 fully saturated rings.